The van der Waals surface area contributed by atoms with Gasteiger partial charge >= 0.3 is 0 Å². The first kappa shape index (κ1) is 23.5. The monoisotopic (exact) mass is 533 g/mol. The highest BCUT2D eigenvalue weighted by Gasteiger charge is 2.25. The second-order valence-electron chi connectivity index (χ2n) is 6.51. The number of hydrogen-bond acceptors (Lipinski definition) is 4. The number of halogens is 3. The van der Waals surface area contributed by atoms with Crippen LogP contribution in [0.25, 0.3) is 0 Å². The maximum Gasteiger partial charge on any atom is 0.191 e. The number of aliphatic imine (C=N–C) groups is 1. The fraction of sp³-hybridized carbons (Fsp3) is 0.400. The lowest BCUT2D eigenvalue weighted by molar-refractivity contribution is 0.321. The van der Waals surface area contributed by atoms with Crippen LogP contribution in [0, 0.1) is 5.82 Å². The summed E-state index contributed by atoms with van der Waals surface area (Å²) in [6, 6.07) is 8.87. The van der Waals surface area contributed by atoms with Gasteiger partial charge in [-0.1, -0.05) is 17.7 Å². The van der Waals surface area contributed by atoms with Crippen molar-refractivity contribution in [2.45, 2.75) is 25.9 Å². The van der Waals surface area contributed by atoms with Crippen LogP contribution < -0.4 is 20.3 Å². The summed E-state index contributed by atoms with van der Waals surface area (Å²) in [6.07, 6.45) is 2.70. The molecule has 2 aromatic rings. The van der Waals surface area contributed by atoms with E-state index in [1.54, 1.807) is 19.3 Å². The van der Waals surface area contributed by atoms with E-state index in [4.69, 9.17) is 16.3 Å². The lowest BCUT2D eigenvalue weighted by Crippen LogP contribution is -2.44. The topological polar surface area (TPSA) is 61.8 Å². The van der Waals surface area contributed by atoms with Crippen molar-refractivity contribution in [1.82, 2.24) is 15.6 Å². The first-order valence-corrected chi connectivity index (χ1v) is 9.72. The number of pyridine rings is 1. The van der Waals surface area contributed by atoms with Crippen LogP contribution in [0.2, 0.25) is 5.02 Å². The van der Waals surface area contributed by atoms with Gasteiger partial charge in [0.1, 0.15) is 5.82 Å². The highest BCUT2D eigenvalue weighted by molar-refractivity contribution is 14.0. The molecule has 1 saturated heterocycles. The van der Waals surface area contributed by atoms with E-state index in [0.29, 0.717) is 24.1 Å². The molecule has 1 aromatic heterocycles. The molecule has 0 spiro atoms. The summed E-state index contributed by atoms with van der Waals surface area (Å²) in [6.45, 7) is 4.39. The molecular weight excluding hydrogens is 508 g/mol. The number of nitrogens with one attached hydrogen (secondary N) is 2. The highest BCUT2D eigenvalue weighted by Crippen LogP contribution is 2.25. The van der Waals surface area contributed by atoms with Gasteiger partial charge in [0.25, 0.3) is 0 Å². The van der Waals surface area contributed by atoms with Crippen molar-refractivity contribution < 1.29 is 9.13 Å². The normalized spacial score (nSPS) is 16.3. The molecule has 2 N–H and O–H groups in total. The largest absolute Gasteiger partial charge is 0.491 e. The van der Waals surface area contributed by atoms with Gasteiger partial charge in [0.05, 0.1) is 11.6 Å². The summed E-state index contributed by atoms with van der Waals surface area (Å²) in [5.41, 5.74) is 0.817. The van der Waals surface area contributed by atoms with Gasteiger partial charge in [-0.2, -0.15) is 0 Å². The Morgan fingerprint density at radius 2 is 2.24 bits per heavy atom. The lowest BCUT2D eigenvalue weighted by atomic mass is 10.2. The molecule has 1 aliphatic rings. The van der Waals surface area contributed by atoms with E-state index in [-0.39, 0.29) is 41.6 Å². The zero-order valence-corrected chi connectivity index (χ0v) is 19.6. The van der Waals surface area contributed by atoms with Crippen molar-refractivity contribution in [1.29, 1.82) is 0 Å². The average molecular weight is 534 g/mol. The number of nitrogens with zero attached hydrogens (tertiary/aromatic N) is 3. The Bertz CT molecular complexity index is 838. The molecule has 2 heterocycles. The fourth-order valence-corrected chi connectivity index (χ4v) is 3.42. The van der Waals surface area contributed by atoms with Crippen LogP contribution in [0.1, 0.15) is 18.9 Å². The van der Waals surface area contributed by atoms with E-state index < -0.39 is 0 Å². The maximum absolute atomic E-state index is 14.0. The Morgan fingerprint density at radius 1 is 1.41 bits per heavy atom. The van der Waals surface area contributed by atoms with Gasteiger partial charge < -0.3 is 20.3 Å². The van der Waals surface area contributed by atoms with Gasteiger partial charge in [0.2, 0.25) is 0 Å². The molecule has 0 bridgehead atoms. The third-order valence-electron chi connectivity index (χ3n) is 4.55. The fourth-order valence-electron chi connectivity index (χ4n) is 3.18. The summed E-state index contributed by atoms with van der Waals surface area (Å²) >= 11 is 6.25. The standard InChI is InChI=1S/C20H25ClFN5O.HI/c1-3-28-18-7-6-14(11-17(18)22)12-25-20(23-2)26-15-8-10-27(13-15)19-16(21)5-4-9-24-19;/h4-7,9,11,15H,3,8,10,12-13H2,1-2H3,(H2,23,25,26);1H. The average Bonchev–Trinajstić information content (AvgIpc) is 3.16. The number of ether oxygens (including phenoxy) is 1. The van der Waals surface area contributed by atoms with Gasteiger partial charge in [-0.3, -0.25) is 4.99 Å². The van der Waals surface area contributed by atoms with Gasteiger partial charge in [-0.25, -0.2) is 9.37 Å². The summed E-state index contributed by atoms with van der Waals surface area (Å²) in [7, 11) is 1.72. The van der Waals surface area contributed by atoms with Crippen molar-refractivity contribution in [3.8, 4) is 5.75 Å². The van der Waals surface area contributed by atoms with Crippen LogP contribution in [-0.4, -0.2) is 43.7 Å². The lowest BCUT2D eigenvalue weighted by Gasteiger charge is -2.20. The molecule has 0 radical (unpaired) electrons. The predicted molar refractivity (Wildman–Crippen MR) is 126 cm³/mol. The molecule has 0 saturated carbocycles. The number of anilines is 1. The Morgan fingerprint density at radius 3 is 2.93 bits per heavy atom. The zero-order chi connectivity index (χ0) is 19.9. The molecule has 1 atom stereocenters. The first-order valence-electron chi connectivity index (χ1n) is 9.34. The second-order valence-corrected chi connectivity index (χ2v) is 6.92. The second kappa shape index (κ2) is 11.4. The van der Waals surface area contributed by atoms with Crippen LogP contribution in [-0.2, 0) is 6.54 Å². The summed E-state index contributed by atoms with van der Waals surface area (Å²) in [4.78, 5) is 10.8. The molecule has 1 aromatic carbocycles. The quantitative estimate of drug-likeness (QED) is 0.336. The molecule has 158 valence electrons. The third-order valence-corrected chi connectivity index (χ3v) is 4.84. The molecule has 29 heavy (non-hydrogen) atoms. The Hall–Kier alpha value is -1.81. The van der Waals surface area contributed by atoms with Crippen molar-refractivity contribution in [2.75, 3.05) is 31.6 Å². The molecule has 1 aliphatic heterocycles. The smallest absolute Gasteiger partial charge is 0.191 e. The minimum atomic E-state index is -0.359. The third kappa shape index (κ3) is 6.33. The van der Waals surface area contributed by atoms with Crippen molar-refractivity contribution >= 4 is 47.4 Å². The first-order chi connectivity index (χ1) is 13.6. The summed E-state index contributed by atoms with van der Waals surface area (Å²) in [5, 5.41) is 7.29. The maximum atomic E-state index is 14.0. The summed E-state index contributed by atoms with van der Waals surface area (Å²) < 4.78 is 19.2. The molecule has 1 unspecified atom stereocenters. The van der Waals surface area contributed by atoms with Gasteiger partial charge in [0.15, 0.2) is 17.5 Å². The van der Waals surface area contributed by atoms with Crippen LogP contribution in [0.3, 0.4) is 0 Å². The van der Waals surface area contributed by atoms with E-state index in [1.165, 1.54) is 6.07 Å². The summed E-state index contributed by atoms with van der Waals surface area (Å²) in [5.74, 6) is 1.39. The van der Waals surface area contributed by atoms with Crippen LogP contribution in [0.15, 0.2) is 41.5 Å². The molecule has 3 rings (SSSR count). The number of benzene rings is 1. The molecular formula is C20H26ClFIN5O. The van der Waals surface area contributed by atoms with E-state index in [9.17, 15) is 4.39 Å². The number of rotatable bonds is 6. The van der Waals surface area contributed by atoms with Gasteiger partial charge in [0, 0.05) is 38.9 Å². The van der Waals surface area contributed by atoms with Crippen molar-refractivity contribution in [2.24, 2.45) is 4.99 Å². The number of guanidine groups is 1. The molecule has 0 aliphatic carbocycles. The van der Waals surface area contributed by atoms with Gasteiger partial charge in [-0.15, -0.1) is 24.0 Å². The molecule has 9 heteroatoms. The van der Waals surface area contributed by atoms with Crippen molar-refractivity contribution in [3.05, 3.63) is 52.9 Å². The Balaban J connectivity index is 0.00000300. The highest BCUT2D eigenvalue weighted by atomic mass is 127. The SMILES string of the molecule is CCOc1ccc(CNC(=NC)NC2CCN(c3ncccc3Cl)C2)cc1F.I. The van der Waals surface area contributed by atoms with E-state index in [1.807, 2.05) is 25.1 Å². The Kier molecular flexibility index (Phi) is 9.22. The van der Waals surface area contributed by atoms with Crippen LogP contribution >= 0.6 is 35.6 Å². The Labute approximate surface area is 192 Å². The predicted octanol–water partition coefficient (Wildman–Crippen LogP) is 3.83. The van der Waals surface area contributed by atoms with Crippen LogP contribution in [0.4, 0.5) is 10.2 Å². The number of hydrogen-bond donors (Lipinski definition) is 2. The minimum absolute atomic E-state index is 0. The molecule has 0 amide bonds. The van der Waals surface area contributed by atoms with E-state index in [0.717, 1.165) is 30.9 Å². The number of aromatic nitrogens is 1. The van der Waals surface area contributed by atoms with Crippen molar-refractivity contribution in [3.63, 3.8) is 0 Å². The zero-order valence-electron chi connectivity index (χ0n) is 16.5. The molecule has 1 fully saturated rings. The molecule has 6 nitrogen and oxygen atoms in total. The van der Waals surface area contributed by atoms with E-state index in [2.05, 4.69) is 25.5 Å². The van der Waals surface area contributed by atoms with Crippen LogP contribution in [0.5, 0.6) is 5.75 Å². The van der Waals surface area contributed by atoms with E-state index >= 15 is 0 Å². The van der Waals surface area contributed by atoms with Gasteiger partial charge in [-0.05, 0) is 43.2 Å². The minimum Gasteiger partial charge on any atom is -0.491 e.